The Kier molecular flexibility index (Phi) is 3.58. The summed E-state index contributed by atoms with van der Waals surface area (Å²) in [4.78, 5) is 10.6. The molecule has 3 nitrogen and oxygen atoms in total. The molecule has 1 aliphatic heterocycles. The van der Waals surface area contributed by atoms with Crippen molar-refractivity contribution in [3.05, 3.63) is 0 Å². The van der Waals surface area contributed by atoms with Crippen LogP contribution in [0.2, 0.25) is 0 Å². The predicted molar refractivity (Wildman–Crippen MR) is 37.4 cm³/mol. The van der Waals surface area contributed by atoms with Gasteiger partial charge in [0.15, 0.2) is 0 Å². The second kappa shape index (κ2) is 3.69. The van der Waals surface area contributed by atoms with Gasteiger partial charge in [-0.25, -0.2) is 0 Å². The number of rotatable bonds is 1. The number of amides is 1. The minimum atomic E-state index is 0. The molecule has 1 amide bonds. The number of carbonyl (C=O) groups excluding carboxylic acids is 1. The van der Waals surface area contributed by atoms with E-state index in [0.29, 0.717) is 6.54 Å². The highest BCUT2D eigenvalue weighted by atomic mass is 35.5. The van der Waals surface area contributed by atoms with E-state index in [1.807, 2.05) is 0 Å². The number of nitrogens with one attached hydrogen (secondary N) is 1. The van der Waals surface area contributed by atoms with Crippen molar-refractivity contribution in [1.29, 1.82) is 0 Å². The van der Waals surface area contributed by atoms with Crippen molar-refractivity contribution in [3.8, 4) is 0 Å². The lowest BCUT2D eigenvalue weighted by Gasteiger charge is -1.97. The van der Waals surface area contributed by atoms with Crippen LogP contribution in [0.5, 0.6) is 0 Å². The minimum absolute atomic E-state index is 0. The van der Waals surface area contributed by atoms with E-state index in [-0.39, 0.29) is 24.2 Å². The normalized spacial score (nSPS) is 25.0. The molecule has 0 aromatic heterocycles. The van der Waals surface area contributed by atoms with Crippen LogP contribution < -0.4 is 11.1 Å². The van der Waals surface area contributed by atoms with Gasteiger partial charge in [0.1, 0.15) is 0 Å². The maximum atomic E-state index is 10.6. The Bertz CT molecular complexity index is 107. The maximum absolute atomic E-state index is 10.6. The summed E-state index contributed by atoms with van der Waals surface area (Å²) in [6.07, 6.45) is 0.912. The first-order chi connectivity index (χ1) is 3.84. The van der Waals surface area contributed by atoms with Gasteiger partial charge in [0.2, 0.25) is 5.91 Å². The van der Waals surface area contributed by atoms with Crippen LogP contribution in [0.25, 0.3) is 0 Å². The monoisotopic (exact) mass is 150 g/mol. The molecule has 1 heterocycles. The Balaban J connectivity index is 0.000000640. The van der Waals surface area contributed by atoms with Gasteiger partial charge in [0.25, 0.3) is 0 Å². The van der Waals surface area contributed by atoms with Gasteiger partial charge < -0.3 is 11.1 Å². The first-order valence-electron chi connectivity index (χ1n) is 2.82. The Morgan fingerprint density at radius 3 is 2.67 bits per heavy atom. The Morgan fingerprint density at radius 2 is 2.44 bits per heavy atom. The Hall–Kier alpha value is -0.280. The topological polar surface area (TPSA) is 55.1 Å². The smallest absolute Gasteiger partial charge is 0.224 e. The SMILES string of the molecule is Cl.NC[C@H]1CCNC1=O. The minimum Gasteiger partial charge on any atom is -0.356 e. The van der Waals surface area contributed by atoms with Crippen molar-refractivity contribution >= 4 is 18.3 Å². The van der Waals surface area contributed by atoms with Crippen molar-refractivity contribution in [2.75, 3.05) is 13.1 Å². The lowest BCUT2D eigenvalue weighted by atomic mass is 10.1. The van der Waals surface area contributed by atoms with Gasteiger partial charge in [-0.05, 0) is 6.42 Å². The molecule has 9 heavy (non-hydrogen) atoms. The molecule has 3 N–H and O–H groups in total. The van der Waals surface area contributed by atoms with E-state index in [0.717, 1.165) is 13.0 Å². The van der Waals surface area contributed by atoms with Crippen LogP contribution in [0.4, 0.5) is 0 Å². The van der Waals surface area contributed by atoms with E-state index < -0.39 is 0 Å². The zero-order chi connectivity index (χ0) is 5.98. The molecule has 0 saturated carbocycles. The van der Waals surface area contributed by atoms with Crippen molar-refractivity contribution in [2.45, 2.75) is 6.42 Å². The van der Waals surface area contributed by atoms with Crippen LogP contribution in [0.15, 0.2) is 0 Å². The molecular formula is C5H11ClN2O. The van der Waals surface area contributed by atoms with Crippen LogP contribution >= 0.6 is 12.4 Å². The summed E-state index contributed by atoms with van der Waals surface area (Å²) in [5, 5.41) is 2.70. The Labute approximate surface area is 60.4 Å². The van der Waals surface area contributed by atoms with Gasteiger partial charge in [0.05, 0.1) is 5.92 Å². The van der Waals surface area contributed by atoms with E-state index in [4.69, 9.17) is 5.73 Å². The van der Waals surface area contributed by atoms with Gasteiger partial charge in [-0.2, -0.15) is 0 Å². The lowest BCUT2D eigenvalue weighted by molar-refractivity contribution is -0.122. The van der Waals surface area contributed by atoms with Gasteiger partial charge in [-0.15, -0.1) is 12.4 Å². The summed E-state index contributed by atoms with van der Waals surface area (Å²) in [6, 6.07) is 0. The number of nitrogens with two attached hydrogens (primary N) is 1. The quantitative estimate of drug-likeness (QED) is 0.530. The highest BCUT2D eigenvalue weighted by Crippen LogP contribution is 2.05. The molecule has 1 atom stereocenters. The fourth-order valence-corrected chi connectivity index (χ4v) is 0.870. The summed E-state index contributed by atoms with van der Waals surface area (Å²) in [5.74, 6) is 0.211. The predicted octanol–water partition coefficient (Wildman–Crippen LogP) is -0.497. The molecule has 0 unspecified atom stereocenters. The molecule has 0 aromatic carbocycles. The molecule has 0 aliphatic carbocycles. The second-order valence-corrected chi connectivity index (χ2v) is 2.01. The number of hydrogen-bond acceptors (Lipinski definition) is 2. The summed E-state index contributed by atoms with van der Waals surface area (Å²) in [6.45, 7) is 1.30. The number of halogens is 1. The van der Waals surface area contributed by atoms with Gasteiger partial charge >= 0.3 is 0 Å². The molecular weight excluding hydrogens is 140 g/mol. The fraction of sp³-hybridized carbons (Fsp3) is 0.800. The lowest BCUT2D eigenvalue weighted by Crippen LogP contribution is -2.24. The first-order valence-corrected chi connectivity index (χ1v) is 2.82. The van der Waals surface area contributed by atoms with E-state index in [1.165, 1.54) is 0 Å². The van der Waals surface area contributed by atoms with Crippen LogP contribution in [0.1, 0.15) is 6.42 Å². The summed E-state index contributed by atoms with van der Waals surface area (Å²) in [5.41, 5.74) is 5.26. The average Bonchev–Trinajstić information content (AvgIpc) is 2.14. The molecule has 0 spiro atoms. The van der Waals surface area contributed by atoms with Crippen molar-refractivity contribution < 1.29 is 4.79 Å². The molecule has 1 saturated heterocycles. The highest BCUT2D eigenvalue weighted by Gasteiger charge is 2.21. The van der Waals surface area contributed by atoms with Gasteiger partial charge in [-0.3, -0.25) is 4.79 Å². The summed E-state index contributed by atoms with van der Waals surface area (Å²) in [7, 11) is 0. The Morgan fingerprint density at radius 1 is 1.78 bits per heavy atom. The molecule has 1 rings (SSSR count). The third kappa shape index (κ3) is 1.84. The van der Waals surface area contributed by atoms with Crippen molar-refractivity contribution in [2.24, 2.45) is 11.7 Å². The van der Waals surface area contributed by atoms with Gasteiger partial charge in [-0.1, -0.05) is 0 Å². The summed E-state index contributed by atoms with van der Waals surface area (Å²) >= 11 is 0. The number of hydrogen-bond donors (Lipinski definition) is 2. The molecule has 0 aromatic rings. The molecule has 0 bridgehead atoms. The maximum Gasteiger partial charge on any atom is 0.224 e. The first kappa shape index (κ1) is 8.72. The largest absolute Gasteiger partial charge is 0.356 e. The van der Waals surface area contributed by atoms with E-state index >= 15 is 0 Å². The second-order valence-electron chi connectivity index (χ2n) is 2.01. The molecule has 54 valence electrons. The zero-order valence-electron chi connectivity index (χ0n) is 5.09. The standard InChI is InChI=1S/C5H10N2O.ClH/c6-3-4-1-2-7-5(4)8;/h4H,1-3,6H2,(H,7,8);1H/t4-;/m1./s1. The van der Waals surface area contributed by atoms with Crippen molar-refractivity contribution in [3.63, 3.8) is 0 Å². The van der Waals surface area contributed by atoms with E-state index in [1.54, 1.807) is 0 Å². The third-order valence-electron chi connectivity index (χ3n) is 1.45. The molecule has 0 radical (unpaired) electrons. The van der Waals surface area contributed by atoms with Crippen LogP contribution in [0, 0.1) is 5.92 Å². The molecule has 4 heteroatoms. The average molecular weight is 151 g/mol. The molecule has 1 aliphatic rings. The van der Waals surface area contributed by atoms with E-state index in [9.17, 15) is 4.79 Å². The number of carbonyl (C=O) groups is 1. The van der Waals surface area contributed by atoms with Crippen molar-refractivity contribution in [1.82, 2.24) is 5.32 Å². The fourth-order valence-electron chi connectivity index (χ4n) is 0.870. The van der Waals surface area contributed by atoms with Gasteiger partial charge in [0, 0.05) is 13.1 Å². The highest BCUT2D eigenvalue weighted by molar-refractivity contribution is 5.85. The van der Waals surface area contributed by atoms with E-state index in [2.05, 4.69) is 5.32 Å². The zero-order valence-corrected chi connectivity index (χ0v) is 5.91. The van der Waals surface area contributed by atoms with Crippen LogP contribution in [-0.4, -0.2) is 19.0 Å². The summed E-state index contributed by atoms with van der Waals surface area (Å²) < 4.78 is 0. The van der Waals surface area contributed by atoms with Crippen LogP contribution in [0.3, 0.4) is 0 Å². The third-order valence-corrected chi connectivity index (χ3v) is 1.45. The molecule has 1 fully saturated rings. The van der Waals surface area contributed by atoms with Crippen LogP contribution in [-0.2, 0) is 4.79 Å².